The van der Waals surface area contributed by atoms with Crippen molar-refractivity contribution in [1.82, 2.24) is 14.9 Å². The Labute approximate surface area is 125 Å². The van der Waals surface area contributed by atoms with Crippen molar-refractivity contribution in [2.24, 2.45) is 0 Å². The van der Waals surface area contributed by atoms with Gasteiger partial charge in [0.2, 0.25) is 0 Å². The molecule has 2 rings (SSSR count). The minimum Gasteiger partial charge on any atom is -0.383 e. The fourth-order valence-electron chi connectivity index (χ4n) is 2.02. The summed E-state index contributed by atoms with van der Waals surface area (Å²) in [6, 6.07) is 5.57. The van der Waals surface area contributed by atoms with Crippen molar-refractivity contribution in [2.75, 3.05) is 18.9 Å². The Kier molecular flexibility index (Phi) is 5.26. The second kappa shape index (κ2) is 7.38. The molecule has 0 bridgehead atoms. The van der Waals surface area contributed by atoms with Gasteiger partial charge in [-0.25, -0.2) is 0 Å². The maximum absolute atomic E-state index is 12.6. The summed E-state index contributed by atoms with van der Waals surface area (Å²) in [4.78, 5) is 22.3. The van der Waals surface area contributed by atoms with E-state index in [9.17, 15) is 4.79 Å². The van der Waals surface area contributed by atoms with Crippen molar-refractivity contribution in [2.45, 2.75) is 19.9 Å². The summed E-state index contributed by atoms with van der Waals surface area (Å²) in [5.41, 5.74) is 2.49. The van der Waals surface area contributed by atoms with Crippen molar-refractivity contribution in [3.8, 4) is 0 Å². The normalized spacial score (nSPS) is 10.2. The number of carbonyl (C=O) groups is 1. The molecular weight excluding hydrogens is 264 g/mol. The minimum atomic E-state index is -0.0205. The molecule has 1 N–H and O–H groups in total. The van der Waals surface area contributed by atoms with Gasteiger partial charge in [0.15, 0.2) is 0 Å². The van der Waals surface area contributed by atoms with Gasteiger partial charge in [-0.05, 0) is 30.2 Å². The smallest absolute Gasteiger partial charge is 0.256 e. The second-order valence-corrected chi connectivity index (χ2v) is 4.86. The Bertz CT molecular complexity index is 586. The summed E-state index contributed by atoms with van der Waals surface area (Å²) in [6.07, 6.45) is 7.80. The summed E-state index contributed by atoms with van der Waals surface area (Å²) in [5, 5.41) is 3.24. The third-order valence-electron chi connectivity index (χ3n) is 3.13. The fraction of sp³-hybridized carbons (Fsp3) is 0.312. The minimum absolute atomic E-state index is 0.0205. The van der Waals surface area contributed by atoms with Gasteiger partial charge in [0, 0.05) is 38.7 Å². The average Bonchev–Trinajstić information content (AvgIpc) is 2.53. The predicted molar refractivity (Wildman–Crippen MR) is 83.1 cm³/mol. The SMILES string of the molecule is CCCNc1cnccc1C(=O)N(C)Cc1ccncc1. The lowest BCUT2D eigenvalue weighted by Crippen LogP contribution is -2.27. The molecule has 2 heterocycles. The Morgan fingerprint density at radius 3 is 2.62 bits per heavy atom. The molecule has 21 heavy (non-hydrogen) atoms. The van der Waals surface area contributed by atoms with E-state index in [0.29, 0.717) is 12.1 Å². The number of rotatable bonds is 6. The Hall–Kier alpha value is -2.43. The largest absolute Gasteiger partial charge is 0.383 e. The van der Waals surface area contributed by atoms with E-state index >= 15 is 0 Å². The van der Waals surface area contributed by atoms with Crippen molar-refractivity contribution >= 4 is 11.6 Å². The van der Waals surface area contributed by atoms with Gasteiger partial charge in [-0.15, -0.1) is 0 Å². The van der Waals surface area contributed by atoms with Crippen molar-refractivity contribution in [3.05, 3.63) is 54.1 Å². The van der Waals surface area contributed by atoms with E-state index in [1.165, 1.54) is 0 Å². The number of carbonyl (C=O) groups excluding carboxylic acids is 1. The van der Waals surface area contributed by atoms with Gasteiger partial charge in [-0.3, -0.25) is 14.8 Å². The van der Waals surface area contributed by atoms with Crippen LogP contribution in [0.15, 0.2) is 43.0 Å². The summed E-state index contributed by atoms with van der Waals surface area (Å²) >= 11 is 0. The Morgan fingerprint density at radius 2 is 1.90 bits per heavy atom. The van der Waals surface area contributed by atoms with Crippen LogP contribution in [0.4, 0.5) is 5.69 Å². The molecule has 1 amide bonds. The molecule has 0 radical (unpaired) electrons. The first-order valence-electron chi connectivity index (χ1n) is 7.04. The molecule has 0 aliphatic rings. The first kappa shape index (κ1) is 15.0. The average molecular weight is 284 g/mol. The summed E-state index contributed by atoms with van der Waals surface area (Å²) in [7, 11) is 1.80. The summed E-state index contributed by atoms with van der Waals surface area (Å²) in [6.45, 7) is 3.46. The lowest BCUT2D eigenvalue weighted by atomic mass is 10.2. The highest BCUT2D eigenvalue weighted by Crippen LogP contribution is 2.16. The predicted octanol–water partition coefficient (Wildman–Crippen LogP) is 2.57. The van der Waals surface area contributed by atoms with Crippen LogP contribution in [0.5, 0.6) is 0 Å². The van der Waals surface area contributed by atoms with Gasteiger partial charge in [0.25, 0.3) is 5.91 Å². The molecule has 0 aromatic carbocycles. The van der Waals surface area contributed by atoms with E-state index in [4.69, 9.17) is 0 Å². The first-order valence-corrected chi connectivity index (χ1v) is 7.04. The van der Waals surface area contributed by atoms with Crippen LogP contribution in [0.1, 0.15) is 29.3 Å². The number of nitrogens with one attached hydrogen (secondary N) is 1. The Balaban J connectivity index is 2.12. The number of nitrogens with zero attached hydrogens (tertiary/aromatic N) is 3. The first-order chi connectivity index (χ1) is 10.2. The topological polar surface area (TPSA) is 58.1 Å². The van der Waals surface area contributed by atoms with E-state index in [1.54, 1.807) is 42.8 Å². The highest BCUT2D eigenvalue weighted by atomic mass is 16.2. The standard InChI is InChI=1S/C16H20N4O/c1-3-7-19-15-11-18-10-6-14(15)16(21)20(2)12-13-4-8-17-9-5-13/h4-6,8-11,19H,3,7,12H2,1-2H3. The molecule has 0 aliphatic carbocycles. The molecule has 110 valence electrons. The number of aromatic nitrogens is 2. The van der Waals surface area contributed by atoms with Crippen molar-refractivity contribution < 1.29 is 4.79 Å². The quantitative estimate of drug-likeness (QED) is 0.885. The maximum atomic E-state index is 12.6. The lowest BCUT2D eigenvalue weighted by molar-refractivity contribution is 0.0786. The lowest BCUT2D eigenvalue weighted by Gasteiger charge is -2.19. The van der Waals surface area contributed by atoms with Crippen LogP contribution >= 0.6 is 0 Å². The highest BCUT2D eigenvalue weighted by Gasteiger charge is 2.15. The molecule has 0 aliphatic heterocycles. The monoisotopic (exact) mass is 284 g/mol. The van der Waals surface area contributed by atoms with Crippen LogP contribution in [0.2, 0.25) is 0 Å². The molecule has 0 saturated heterocycles. The van der Waals surface area contributed by atoms with E-state index in [2.05, 4.69) is 22.2 Å². The third kappa shape index (κ3) is 4.02. The molecule has 5 heteroatoms. The zero-order valence-electron chi connectivity index (χ0n) is 12.4. The third-order valence-corrected chi connectivity index (χ3v) is 3.13. The number of pyridine rings is 2. The van der Waals surface area contributed by atoms with Gasteiger partial charge < -0.3 is 10.2 Å². The molecule has 5 nitrogen and oxygen atoms in total. The number of anilines is 1. The van der Waals surface area contributed by atoms with E-state index in [0.717, 1.165) is 24.2 Å². The summed E-state index contributed by atoms with van der Waals surface area (Å²) in [5.74, 6) is -0.0205. The molecule has 0 fully saturated rings. The van der Waals surface area contributed by atoms with Crippen LogP contribution in [0.25, 0.3) is 0 Å². The zero-order chi connectivity index (χ0) is 15.1. The zero-order valence-corrected chi connectivity index (χ0v) is 12.4. The van der Waals surface area contributed by atoms with Crippen LogP contribution < -0.4 is 5.32 Å². The van der Waals surface area contributed by atoms with Crippen molar-refractivity contribution in [1.29, 1.82) is 0 Å². The van der Waals surface area contributed by atoms with E-state index < -0.39 is 0 Å². The van der Waals surface area contributed by atoms with Crippen LogP contribution in [-0.2, 0) is 6.54 Å². The summed E-state index contributed by atoms with van der Waals surface area (Å²) < 4.78 is 0. The molecule has 0 atom stereocenters. The molecule has 0 saturated carbocycles. The van der Waals surface area contributed by atoms with Gasteiger partial charge in [-0.2, -0.15) is 0 Å². The number of hydrogen-bond donors (Lipinski definition) is 1. The van der Waals surface area contributed by atoms with Gasteiger partial charge in [0.1, 0.15) is 0 Å². The number of amides is 1. The van der Waals surface area contributed by atoms with Crippen LogP contribution in [0, 0.1) is 0 Å². The molecular formula is C16H20N4O. The number of hydrogen-bond acceptors (Lipinski definition) is 4. The second-order valence-electron chi connectivity index (χ2n) is 4.86. The van der Waals surface area contributed by atoms with Gasteiger partial charge >= 0.3 is 0 Å². The fourth-order valence-corrected chi connectivity index (χ4v) is 2.02. The Morgan fingerprint density at radius 1 is 1.19 bits per heavy atom. The van der Waals surface area contributed by atoms with Crippen molar-refractivity contribution in [3.63, 3.8) is 0 Å². The molecule has 0 spiro atoms. The highest BCUT2D eigenvalue weighted by molar-refractivity contribution is 5.99. The molecule has 2 aromatic rings. The van der Waals surface area contributed by atoms with Gasteiger partial charge in [-0.1, -0.05) is 6.92 Å². The van der Waals surface area contributed by atoms with Crippen LogP contribution in [0.3, 0.4) is 0 Å². The van der Waals surface area contributed by atoms with Gasteiger partial charge in [0.05, 0.1) is 17.4 Å². The van der Waals surface area contributed by atoms with Crippen LogP contribution in [-0.4, -0.2) is 34.4 Å². The van der Waals surface area contributed by atoms with E-state index in [-0.39, 0.29) is 5.91 Å². The molecule has 0 unspecified atom stereocenters. The maximum Gasteiger partial charge on any atom is 0.256 e. The van der Waals surface area contributed by atoms with E-state index in [1.807, 2.05) is 12.1 Å². The molecule has 2 aromatic heterocycles.